The molecule has 0 bridgehead atoms. The first-order valence-electron chi connectivity index (χ1n) is 7.80. The molecule has 0 aromatic carbocycles. The first-order valence-corrected chi connectivity index (χ1v) is 9.41. The molecule has 24 heavy (non-hydrogen) atoms. The van der Waals surface area contributed by atoms with Crippen LogP contribution in [0.5, 0.6) is 0 Å². The van der Waals surface area contributed by atoms with Gasteiger partial charge in [0, 0.05) is 12.7 Å². The predicted molar refractivity (Wildman–Crippen MR) is 86.3 cm³/mol. The van der Waals surface area contributed by atoms with E-state index in [2.05, 4.69) is 10.3 Å². The van der Waals surface area contributed by atoms with E-state index in [0.29, 0.717) is 17.9 Å². The Morgan fingerprint density at radius 3 is 3.04 bits per heavy atom. The van der Waals surface area contributed by atoms with Crippen LogP contribution in [0.15, 0.2) is 35.3 Å². The first-order chi connectivity index (χ1) is 11.5. The van der Waals surface area contributed by atoms with Crippen LogP contribution in [0.25, 0.3) is 0 Å². The highest BCUT2D eigenvalue weighted by Gasteiger charge is 2.35. The van der Waals surface area contributed by atoms with Crippen molar-refractivity contribution < 1.29 is 17.6 Å². The molecule has 0 radical (unpaired) electrons. The van der Waals surface area contributed by atoms with Crippen LogP contribution in [0.3, 0.4) is 0 Å². The first kappa shape index (κ1) is 16.7. The molecule has 2 aromatic heterocycles. The molecule has 0 aliphatic carbocycles. The maximum absolute atomic E-state index is 12.6. The van der Waals surface area contributed by atoms with Crippen molar-refractivity contribution in [2.75, 3.05) is 12.3 Å². The van der Waals surface area contributed by atoms with E-state index < -0.39 is 16.1 Å². The largest absolute Gasteiger partial charge is 0.467 e. The summed E-state index contributed by atoms with van der Waals surface area (Å²) in [6.45, 7) is 2.42. The fourth-order valence-corrected chi connectivity index (χ4v) is 4.25. The lowest BCUT2D eigenvalue weighted by atomic mass is 10.2. The number of hydrogen-bond donors (Lipinski definition) is 1. The Balaban J connectivity index is 1.77. The molecule has 0 saturated carbocycles. The second-order valence-electron chi connectivity index (χ2n) is 5.71. The summed E-state index contributed by atoms with van der Waals surface area (Å²) in [6, 6.07) is 2.87. The average Bonchev–Trinajstić information content (AvgIpc) is 3.22. The third kappa shape index (κ3) is 3.36. The minimum atomic E-state index is -3.38. The minimum Gasteiger partial charge on any atom is -0.467 e. The third-order valence-electron chi connectivity index (χ3n) is 3.97. The van der Waals surface area contributed by atoms with E-state index >= 15 is 0 Å². The summed E-state index contributed by atoms with van der Waals surface area (Å²) in [5.74, 6) is 0.449. The van der Waals surface area contributed by atoms with Crippen LogP contribution in [0.4, 0.5) is 0 Å². The SMILES string of the molecule is CCCS(=O)(=O)N1Cc2cncn2[C@@H](C(=O)NCc2ccco2)C1. The zero-order chi connectivity index (χ0) is 17.2. The van der Waals surface area contributed by atoms with Gasteiger partial charge in [-0.3, -0.25) is 4.79 Å². The number of nitrogens with zero attached hydrogens (tertiary/aromatic N) is 3. The van der Waals surface area contributed by atoms with Gasteiger partial charge in [-0.15, -0.1) is 0 Å². The number of hydrogen-bond acceptors (Lipinski definition) is 5. The monoisotopic (exact) mass is 352 g/mol. The molecule has 1 amide bonds. The van der Waals surface area contributed by atoms with Crippen molar-refractivity contribution in [3.8, 4) is 0 Å². The molecule has 3 heterocycles. The maximum atomic E-state index is 12.6. The van der Waals surface area contributed by atoms with Gasteiger partial charge in [0.1, 0.15) is 11.8 Å². The van der Waals surface area contributed by atoms with Gasteiger partial charge in [0.25, 0.3) is 0 Å². The number of rotatable bonds is 6. The van der Waals surface area contributed by atoms with Gasteiger partial charge < -0.3 is 14.3 Å². The number of aromatic nitrogens is 2. The van der Waals surface area contributed by atoms with Crippen LogP contribution in [0.1, 0.15) is 30.8 Å². The zero-order valence-corrected chi connectivity index (χ0v) is 14.2. The lowest BCUT2D eigenvalue weighted by Crippen LogP contribution is -2.46. The van der Waals surface area contributed by atoms with E-state index in [4.69, 9.17) is 4.42 Å². The highest BCUT2D eigenvalue weighted by atomic mass is 32.2. The normalized spacial score (nSPS) is 18.3. The molecule has 9 heteroatoms. The van der Waals surface area contributed by atoms with Crippen molar-refractivity contribution in [2.45, 2.75) is 32.5 Å². The average molecular weight is 352 g/mol. The van der Waals surface area contributed by atoms with Crippen molar-refractivity contribution >= 4 is 15.9 Å². The Kier molecular flexibility index (Phi) is 4.72. The van der Waals surface area contributed by atoms with Crippen molar-refractivity contribution in [1.82, 2.24) is 19.2 Å². The standard InChI is InChI=1S/C15H20N4O4S/c1-2-6-24(21,22)18-9-12-7-16-11-19(12)14(10-18)15(20)17-8-13-4-3-5-23-13/h3-5,7,11,14H,2,6,8-10H2,1H3,(H,17,20)/t14-/m1/s1. The quantitative estimate of drug-likeness (QED) is 0.833. The van der Waals surface area contributed by atoms with Crippen LogP contribution in [-0.4, -0.2) is 40.5 Å². The van der Waals surface area contributed by atoms with Gasteiger partial charge in [0.05, 0.1) is 37.1 Å². The second-order valence-corrected chi connectivity index (χ2v) is 7.80. The van der Waals surface area contributed by atoms with Crippen LogP contribution >= 0.6 is 0 Å². The second kappa shape index (κ2) is 6.78. The van der Waals surface area contributed by atoms with Gasteiger partial charge in [-0.2, -0.15) is 4.31 Å². The Hall–Kier alpha value is -2.13. The summed E-state index contributed by atoms with van der Waals surface area (Å²) in [5.41, 5.74) is 0.707. The number of nitrogens with one attached hydrogen (secondary N) is 1. The maximum Gasteiger partial charge on any atom is 0.244 e. The van der Waals surface area contributed by atoms with Crippen molar-refractivity contribution in [1.29, 1.82) is 0 Å². The summed E-state index contributed by atoms with van der Waals surface area (Å²) >= 11 is 0. The molecule has 1 N–H and O–H groups in total. The van der Waals surface area contributed by atoms with E-state index in [9.17, 15) is 13.2 Å². The summed E-state index contributed by atoms with van der Waals surface area (Å²) in [6.07, 6.45) is 5.24. The lowest BCUT2D eigenvalue weighted by molar-refractivity contribution is -0.125. The number of amides is 1. The van der Waals surface area contributed by atoms with Crippen LogP contribution in [0, 0.1) is 0 Å². The van der Waals surface area contributed by atoms with Gasteiger partial charge in [0.2, 0.25) is 15.9 Å². The van der Waals surface area contributed by atoms with Gasteiger partial charge in [-0.05, 0) is 18.6 Å². The Morgan fingerprint density at radius 2 is 2.33 bits per heavy atom. The van der Waals surface area contributed by atoms with Gasteiger partial charge in [-0.25, -0.2) is 13.4 Å². The minimum absolute atomic E-state index is 0.0713. The molecule has 8 nitrogen and oxygen atoms in total. The van der Waals surface area contributed by atoms with E-state index in [1.807, 2.05) is 6.92 Å². The third-order valence-corrected chi connectivity index (χ3v) is 5.96. The number of furan rings is 1. The molecular formula is C15H20N4O4S. The van der Waals surface area contributed by atoms with E-state index in [-0.39, 0.29) is 31.3 Å². The van der Waals surface area contributed by atoms with Crippen LogP contribution in [-0.2, 0) is 27.9 Å². The number of carbonyl (C=O) groups is 1. The predicted octanol–water partition coefficient (Wildman–Crippen LogP) is 0.889. The summed E-state index contributed by atoms with van der Waals surface area (Å²) < 4.78 is 33.0. The Bertz CT molecular complexity index is 797. The molecular weight excluding hydrogens is 332 g/mol. The van der Waals surface area contributed by atoms with Crippen LogP contribution in [0.2, 0.25) is 0 Å². The molecule has 2 aromatic rings. The molecule has 0 saturated heterocycles. The fraction of sp³-hybridized carbons (Fsp3) is 0.467. The summed E-state index contributed by atoms with van der Waals surface area (Å²) in [5, 5.41) is 2.79. The lowest BCUT2D eigenvalue weighted by Gasteiger charge is -2.32. The highest BCUT2D eigenvalue weighted by Crippen LogP contribution is 2.24. The van der Waals surface area contributed by atoms with Gasteiger partial charge in [0.15, 0.2) is 0 Å². The van der Waals surface area contributed by atoms with Crippen molar-refractivity contribution in [3.05, 3.63) is 42.4 Å². The zero-order valence-electron chi connectivity index (χ0n) is 13.4. The Morgan fingerprint density at radius 1 is 1.50 bits per heavy atom. The van der Waals surface area contributed by atoms with E-state index in [1.54, 1.807) is 29.2 Å². The fourth-order valence-electron chi connectivity index (χ4n) is 2.77. The molecule has 3 rings (SSSR count). The van der Waals surface area contributed by atoms with Gasteiger partial charge >= 0.3 is 0 Å². The summed E-state index contributed by atoms with van der Waals surface area (Å²) in [7, 11) is -3.38. The molecule has 1 atom stereocenters. The molecule has 130 valence electrons. The highest BCUT2D eigenvalue weighted by molar-refractivity contribution is 7.89. The Labute approximate surface area is 140 Å². The molecule has 1 aliphatic rings. The molecule has 0 fully saturated rings. The van der Waals surface area contributed by atoms with E-state index in [0.717, 1.165) is 0 Å². The number of imidazole rings is 1. The number of fused-ring (bicyclic) bond motifs is 1. The number of carbonyl (C=O) groups excluding carboxylic acids is 1. The van der Waals surface area contributed by atoms with E-state index in [1.165, 1.54) is 10.6 Å². The molecule has 1 aliphatic heterocycles. The summed E-state index contributed by atoms with van der Waals surface area (Å²) in [4.78, 5) is 16.6. The number of sulfonamides is 1. The van der Waals surface area contributed by atoms with Crippen LogP contribution < -0.4 is 5.32 Å². The topological polar surface area (TPSA) is 97.4 Å². The molecule has 0 spiro atoms. The van der Waals surface area contributed by atoms with Crippen molar-refractivity contribution in [3.63, 3.8) is 0 Å². The smallest absolute Gasteiger partial charge is 0.244 e. The molecule has 0 unspecified atom stereocenters. The van der Waals surface area contributed by atoms with Gasteiger partial charge in [-0.1, -0.05) is 6.92 Å². The van der Waals surface area contributed by atoms with Crippen molar-refractivity contribution in [2.24, 2.45) is 0 Å².